The summed E-state index contributed by atoms with van der Waals surface area (Å²) >= 11 is 12.1. The lowest BCUT2D eigenvalue weighted by atomic mass is 10.0. The van der Waals surface area contributed by atoms with Gasteiger partial charge in [-0.25, -0.2) is 9.18 Å². The number of ether oxygens (including phenoxy) is 1. The normalized spacial score (nSPS) is 10.8. The Bertz CT molecular complexity index is 1140. The lowest BCUT2D eigenvalue weighted by Crippen LogP contribution is -2.14. The molecular formula is C24H18Cl2FNO3. The third-order valence-corrected chi connectivity index (χ3v) is 4.69. The number of halogens is 3. The van der Waals surface area contributed by atoms with Crippen molar-refractivity contribution in [2.24, 2.45) is 0 Å². The van der Waals surface area contributed by atoms with Crippen LogP contribution in [0.4, 0.5) is 10.1 Å². The molecule has 3 aromatic carbocycles. The van der Waals surface area contributed by atoms with Crippen molar-refractivity contribution in [1.29, 1.82) is 0 Å². The summed E-state index contributed by atoms with van der Waals surface area (Å²) in [7, 11) is 0. The average molecular weight is 458 g/mol. The number of esters is 1. The number of amides is 1. The molecule has 0 saturated carbocycles. The molecule has 0 aliphatic carbocycles. The van der Waals surface area contributed by atoms with E-state index in [1.54, 1.807) is 61.5 Å². The largest absolute Gasteiger partial charge is 0.463 e. The highest BCUT2D eigenvalue weighted by Gasteiger charge is 2.14. The van der Waals surface area contributed by atoms with Gasteiger partial charge in [0.15, 0.2) is 0 Å². The second-order valence-corrected chi connectivity index (χ2v) is 7.39. The molecular weight excluding hydrogens is 440 g/mol. The summed E-state index contributed by atoms with van der Waals surface area (Å²) < 4.78 is 19.2. The fraction of sp³-hybridized carbons (Fsp3) is 0.0833. The smallest absolute Gasteiger partial charge is 0.330 e. The zero-order valence-corrected chi connectivity index (χ0v) is 18.0. The number of rotatable bonds is 6. The van der Waals surface area contributed by atoms with Gasteiger partial charge in [-0.15, -0.1) is 0 Å². The van der Waals surface area contributed by atoms with Gasteiger partial charge in [-0.05, 0) is 72.2 Å². The zero-order valence-electron chi connectivity index (χ0n) is 16.5. The maximum Gasteiger partial charge on any atom is 0.330 e. The predicted molar refractivity (Wildman–Crippen MR) is 122 cm³/mol. The summed E-state index contributed by atoms with van der Waals surface area (Å²) in [6, 6.07) is 16.0. The minimum Gasteiger partial charge on any atom is -0.463 e. The predicted octanol–water partition coefficient (Wildman–Crippen LogP) is 6.63. The first kappa shape index (κ1) is 22.5. The Morgan fingerprint density at radius 3 is 2.45 bits per heavy atom. The Labute approximate surface area is 189 Å². The van der Waals surface area contributed by atoms with Crippen molar-refractivity contribution in [2.45, 2.75) is 6.92 Å². The van der Waals surface area contributed by atoms with Gasteiger partial charge in [-0.1, -0.05) is 41.4 Å². The molecule has 0 saturated heterocycles. The maximum absolute atomic E-state index is 14.4. The monoisotopic (exact) mass is 457 g/mol. The third-order valence-electron chi connectivity index (χ3n) is 4.25. The molecule has 158 valence electrons. The molecule has 0 atom stereocenters. The molecule has 3 rings (SSSR count). The minimum atomic E-state index is -0.660. The van der Waals surface area contributed by atoms with Crippen LogP contribution in [0.5, 0.6) is 0 Å². The van der Waals surface area contributed by atoms with E-state index in [0.717, 1.165) is 0 Å². The van der Waals surface area contributed by atoms with E-state index < -0.39 is 17.7 Å². The molecule has 0 fully saturated rings. The zero-order chi connectivity index (χ0) is 22.4. The molecule has 0 radical (unpaired) electrons. The van der Waals surface area contributed by atoms with Gasteiger partial charge in [0.05, 0.1) is 12.2 Å². The van der Waals surface area contributed by atoms with Gasteiger partial charge < -0.3 is 10.1 Å². The van der Waals surface area contributed by atoms with Gasteiger partial charge in [0.2, 0.25) is 0 Å². The Balaban J connectivity index is 1.82. The van der Waals surface area contributed by atoms with Crippen molar-refractivity contribution < 1.29 is 18.7 Å². The summed E-state index contributed by atoms with van der Waals surface area (Å²) in [5.41, 5.74) is 2.26. The van der Waals surface area contributed by atoms with E-state index in [0.29, 0.717) is 32.4 Å². The van der Waals surface area contributed by atoms with Gasteiger partial charge in [0.25, 0.3) is 5.91 Å². The Morgan fingerprint density at radius 1 is 1.00 bits per heavy atom. The first-order chi connectivity index (χ1) is 14.9. The number of hydrogen-bond acceptors (Lipinski definition) is 3. The minimum absolute atomic E-state index is 0.124. The van der Waals surface area contributed by atoms with Crippen molar-refractivity contribution >= 4 is 46.8 Å². The number of nitrogens with one attached hydrogen (secondary N) is 1. The van der Waals surface area contributed by atoms with Crippen LogP contribution in [0.3, 0.4) is 0 Å². The second-order valence-electron chi connectivity index (χ2n) is 6.52. The van der Waals surface area contributed by atoms with Crippen LogP contribution in [0.1, 0.15) is 22.8 Å². The van der Waals surface area contributed by atoms with Gasteiger partial charge in [-0.3, -0.25) is 4.79 Å². The SMILES string of the molecule is CCOC(=O)C=Cc1cccc(NC(=O)c2cc(-c3cc(Cl)cc(Cl)c3)ccc2F)c1. The number of carbonyl (C=O) groups is 2. The van der Waals surface area contributed by atoms with Crippen LogP contribution in [0, 0.1) is 5.82 Å². The molecule has 31 heavy (non-hydrogen) atoms. The number of carbonyl (C=O) groups excluding carboxylic acids is 2. The van der Waals surface area contributed by atoms with Crippen molar-refractivity contribution in [3.8, 4) is 11.1 Å². The summed E-state index contributed by atoms with van der Waals surface area (Å²) in [6.07, 6.45) is 2.86. The van der Waals surface area contributed by atoms with Crippen LogP contribution in [0.25, 0.3) is 17.2 Å². The molecule has 7 heteroatoms. The Hall–Kier alpha value is -3.15. The van der Waals surface area contributed by atoms with Gasteiger partial charge in [0, 0.05) is 21.8 Å². The number of benzene rings is 3. The summed E-state index contributed by atoms with van der Waals surface area (Å²) in [5.74, 6) is -1.73. The molecule has 1 amide bonds. The van der Waals surface area contributed by atoms with Crippen molar-refractivity contribution in [2.75, 3.05) is 11.9 Å². The quantitative estimate of drug-likeness (QED) is 0.333. The van der Waals surface area contributed by atoms with E-state index in [-0.39, 0.29) is 12.2 Å². The number of hydrogen-bond donors (Lipinski definition) is 1. The molecule has 0 aliphatic heterocycles. The van der Waals surface area contributed by atoms with E-state index in [1.165, 1.54) is 18.2 Å². The van der Waals surface area contributed by atoms with Gasteiger partial charge >= 0.3 is 5.97 Å². The molecule has 4 nitrogen and oxygen atoms in total. The molecule has 3 aromatic rings. The van der Waals surface area contributed by atoms with Crippen molar-refractivity contribution in [3.05, 3.63) is 93.7 Å². The lowest BCUT2D eigenvalue weighted by Gasteiger charge is -2.10. The van der Waals surface area contributed by atoms with Crippen molar-refractivity contribution in [1.82, 2.24) is 0 Å². The Kier molecular flexibility index (Phi) is 7.45. The molecule has 0 heterocycles. The first-order valence-corrected chi connectivity index (χ1v) is 10.1. The van der Waals surface area contributed by atoms with Gasteiger partial charge in [0.1, 0.15) is 5.82 Å². The van der Waals surface area contributed by atoms with E-state index in [2.05, 4.69) is 5.32 Å². The standard InChI is InChI=1S/C24H18Cl2FNO3/c1-2-31-23(29)9-6-15-4-3-5-20(10-15)28-24(30)21-13-16(7-8-22(21)27)17-11-18(25)14-19(26)12-17/h3-14H,2H2,1H3,(H,28,30). The summed E-state index contributed by atoms with van der Waals surface area (Å²) in [6.45, 7) is 2.00. The fourth-order valence-electron chi connectivity index (χ4n) is 2.87. The highest BCUT2D eigenvalue weighted by Crippen LogP contribution is 2.29. The summed E-state index contributed by atoms with van der Waals surface area (Å²) in [4.78, 5) is 24.2. The Morgan fingerprint density at radius 2 is 1.74 bits per heavy atom. The van der Waals surface area contributed by atoms with Gasteiger partial charge in [-0.2, -0.15) is 0 Å². The van der Waals surface area contributed by atoms with Crippen LogP contribution in [-0.2, 0) is 9.53 Å². The molecule has 0 bridgehead atoms. The molecule has 0 aliphatic rings. The van der Waals surface area contributed by atoms with Crippen LogP contribution < -0.4 is 5.32 Å². The van der Waals surface area contributed by atoms with Crippen LogP contribution in [-0.4, -0.2) is 18.5 Å². The van der Waals surface area contributed by atoms with Crippen molar-refractivity contribution in [3.63, 3.8) is 0 Å². The van der Waals surface area contributed by atoms with E-state index in [4.69, 9.17) is 27.9 Å². The summed E-state index contributed by atoms with van der Waals surface area (Å²) in [5, 5.41) is 3.54. The average Bonchev–Trinajstić information content (AvgIpc) is 2.72. The molecule has 0 aromatic heterocycles. The topological polar surface area (TPSA) is 55.4 Å². The highest BCUT2D eigenvalue weighted by atomic mass is 35.5. The van der Waals surface area contributed by atoms with Crippen LogP contribution in [0.2, 0.25) is 10.0 Å². The number of anilines is 1. The molecule has 1 N–H and O–H groups in total. The second kappa shape index (κ2) is 10.2. The van der Waals surface area contributed by atoms with Crippen LogP contribution in [0.15, 0.2) is 66.7 Å². The third kappa shape index (κ3) is 6.17. The molecule has 0 spiro atoms. The van der Waals surface area contributed by atoms with Crippen LogP contribution >= 0.6 is 23.2 Å². The van der Waals surface area contributed by atoms with E-state index in [9.17, 15) is 14.0 Å². The lowest BCUT2D eigenvalue weighted by molar-refractivity contribution is -0.137. The fourth-order valence-corrected chi connectivity index (χ4v) is 3.40. The maximum atomic E-state index is 14.4. The van der Waals surface area contributed by atoms with E-state index >= 15 is 0 Å². The van der Waals surface area contributed by atoms with E-state index in [1.807, 2.05) is 0 Å². The highest BCUT2D eigenvalue weighted by molar-refractivity contribution is 6.35. The first-order valence-electron chi connectivity index (χ1n) is 9.38. The molecule has 0 unspecified atom stereocenters.